The lowest BCUT2D eigenvalue weighted by molar-refractivity contribution is 1.33. The van der Waals surface area contributed by atoms with E-state index in [1.165, 1.54) is 0 Å². The van der Waals surface area contributed by atoms with Gasteiger partial charge in [0.05, 0.1) is 0 Å². The number of nitrogens with two attached hydrogens (primary N) is 2. The van der Waals surface area contributed by atoms with Gasteiger partial charge >= 0.3 is 0 Å². The summed E-state index contributed by atoms with van der Waals surface area (Å²) in [6, 6.07) is 9.36. The molecule has 0 saturated heterocycles. The smallest absolute Gasteiger partial charge is 0.0424 e. The Labute approximate surface area is 82.4 Å². The van der Waals surface area contributed by atoms with Crippen LogP contribution in [0.4, 0.5) is 11.4 Å². The second-order valence-corrected chi connectivity index (χ2v) is 3.09. The SMILES string of the molecule is Nc1cccc(-c2cnccc2N)c1. The Morgan fingerprint density at radius 3 is 2.64 bits per heavy atom. The van der Waals surface area contributed by atoms with Crippen LogP contribution in [0.15, 0.2) is 42.7 Å². The highest BCUT2D eigenvalue weighted by Gasteiger charge is 2.01. The molecule has 0 radical (unpaired) electrons. The van der Waals surface area contributed by atoms with Crippen LogP contribution in [0, 0.1) is 0 Å². The van der Waals surface area contributed by atoms with Gasteiger partial charge in [0.1, 0.15) is 0 Å². The number of benzene rings is 1. The largest absolute Gasteiger partial charge is 0.399 e. The third-order valence-electron chi connectivity index (χ3n) is 2.05. The van der Waals surface area contributed by atoms with Crippen molar-refractivity contribution in [1.82, 2.24) is 4.98 Å². The summed E-state index contributed by atoms with van der Waals surface area (Å²) in [6.45, 7) is 0. The van der Waals surface area contributed by atoms with Crippen LogP contribution in [0.1, 0.15) is 0 Å². The molecule has 2 rings (SSSR count). The molecule has 0 fully saturated rings. The van der Waals surface area contributed by atoms with Gasteiger partial charge in [-0.15, -0.1) is 0 Å². The van der Waals surface area contributed by atoms with Crippen molar-refractivity contribution in [2.75, 3.05) is 11.5 Å². The second kappa shape index (κ2) is 3.38. The second-order valence-electron chi connectivity index (χ2n) is 3.09. The molecule has 0 unspecified atom stereocenters. The Kier molecular flexibility index (Phi) is 2.07. The third-order valence-corrected chi connectivity index (χ3v) is 2.05. The van der Waals surface area contributed by atoms with Gasteiger partial charge in [-0.25, -0.2) is 0 Å². The summed E-state index contributed by atoms with van der Waals surface area (Å²) in [7, 11) is 0. The van der Waals surface area contributed by atoms with Crippen molar-refractivity contribution < 1.29 is 0 Å². The molecular formula is C11H11N3. The van der Waals surface area contributed by atoms with Crippen LogP contribution in [-0.2, 0) is 0 Å². The maximum Gasteiger partial charge on any atom is 0.0424 e. The van der Waals surface area contributed by atoms with E-state index in [2.05, 4.69) is 4.98 Å². The highest BCUT2D eigenvalue weighted by Crippen LogP contribution is 2.25. The van der Waals surface area contributed by atoms with Crippen LogP contribution >= 0.6 is 0 Å². The van der Waals surface area contributed by atoms with Gasteiger partial charge in [-0.3, -0.25) is 4.98 Å². The lowest BCUT2D eigenvalue weighted by Crippen LogP contribution is -1.91. The zero-order chi connectivity index (χ0) is 9.97. The molecule has 3 heteroatoms. The van der Waals surface area contributed by atoms with Crippen molar-refractivity contribution >= 4 is 11.4 Å². The van der Waals surface area contributed by atoms with Crippen molar-refractivity contribution in [3.63, 3.8) is 0 Å². The highest BCUT2D eigenvalue weighted by atomic mass is 14.7. The molecule has 0 spiro atoms. The Hall–Kier alpha value is -2.03. The van der Waals surface area contributed by atoms with Crippen molar-refractivity contribution in [2.45, 2.75) is 0 Å². The van der Waals surface area contributed by atoms with Gasteiger partial charge in [0.15, 0.2) is 0 Å². The first-order valence-electron chi connectivity index (χ1n) is 4.33. The zero-order valence-electron chi connectivity index (χ0n) is 7.64. The highest BCUT2D eigenvalue weighted by molar-refractivity contribution is 5.76. The molecule has 0 aliphatic carbocycles. The van der Waals surface area contributed by atoms with Crippen molar-refractivity contribution in [3.05, 3.63) is 42.7 Å². The molecule has 0 amide bonds. The summed E-state index contributed by atoms with van der Waals surface area (Å²) in [6.07, 6.45) is 3.41. The minimum Gasteiger partial charge on any atom is -0.399 e. The van der Waals surface area contributed by atoms with E-state index in [9.17, 15) is 0 Å². The molecule has 0 bridgehead atoms. The van der Waals surface area contributed by atoms with Gasteiger partial charge < -0.3 is 11.5 Å². The Morgan fingerprint density at radius 1 is 1.07 bits per heavy atom. The molecule has 0 aliphatic heterocycles. The third kappa shape index (κ3) is 1.52. The molecule has 1 aromatic heterocycles. The number of hydrogen-bond acceptors (Lipinski definition) is 3. The van der Waals surface area contributed by atoms with E-state index in [1.54, 1.807) is 18.5 Å². The van der Waals surface area contributed by atoms with Crippen LogP contribution in [0.25, 0.3) is 11.1 Å². The quantitative estimate of drug-likeness (QED) is 0.667. The number of nitrogens with zero attached hydrogens (tertiary/aromatic N) is 1. The molecule has 1 heterocycles. The minimum atomic E-state index is 0.714. The summed E-state index contributed by atoms with van der Waals surface area (Å²) in [5.41, 5.74) is 14.9. The standard InChI is InChI=1S/C11H11N3/c12-9-3-1-2-8(6-9)10-7-14-5-4-11(10)13/h1-7H,12H2,(H2,13,14). The number of pyridine rings is 1. The Bertz CT molecular complexity index is 452. The zero-order valence-corrected chi connectivity index (χ0v) is 7.64. The summed E-state index contributed by atoms with van der Waals surface area (Å²) in [4.78, 5) is 4.03. The van der Waals surface area contributed by atoms with Gasteiger partial charge in [0, 0.05) is 29.3 Å². The van der Waals surface area contributed by atoms with Crippen molar-refractivity contribution in [3.8, 4) is 11.1 Å². The first-order valence-corrected chi connectivity index (χ1v) is 4.33. The molecule has 1 aromatic carbocycles. The predicted molar refractivity (Wildman–Crippen MR) is 58.5 cm³/mol. The number of anilines is 2. The molecule has 14 heavy (non-hydrogen) atoms. The number of aromatic nitrogens is 1. The van der Waals surface area contributed by atoms with E-state index in [-0.39, 0.29) is 0 Å². The van der Waals surface area contributed by atoms with Gasteiger partial charge in [0.2, 0.25) is 0 Å². The Morgan fingerprint density at radius 2 is 1.93 bits per heavy atom. The van der Waals surface area contributed by atoms with Crippen LogP contribution in [0.3, 0.4) is 0 Å². The van der Waals surface area contributed by atoms with Crippen LogP contribution < -0.4 is 11.5 Å². The van der Waals surface area contributed by atoms with Gasteiger partial charge in [-0.2, -0.15) is 0 Å². The van der Waals surface area contributed by atoms with E-state index in [4.69, 9.17) is 11.5 Å². The summed E-state index contributed by atoms with van der Waals surface area (Å²) in [5.74, 6) is 0. The van der Waals surface area contributed by atoms with Crippen molar-refractivity contribution in [2.24, 2.45) is 0 Å². The lowest BCUT2D eigenvalue weighted by atomic mass is 10.1. The fourth-order valence-electron chi connectivity index (χ4n) is 1.35. The topological polar surface area (TPSA) is 64.9 Å². The van der Waals surface area contributed by atoms with E-state index >= 15 is 0 Å². The predicted octanol–water partition coefficient (Wildman–Crippen LogP) is 1.91. The first-order chi connectivity index (χ1) is 6.77. The molecule has 0 saturated carbocycles. The number of hydrogen-bond donors (Lipinski definition) is 2. The minimum absolute atomic E-state index is 0.714. The van der Waals surface area contributed by atoms with Gasteiger partial charge in [0.25, 0.3) is 0 Å². The summed E-state index contributed by atoms with van der Waals surface area (Å²) >= 11 is 0. The molecule has 2 aromatic rings. The molecule has 4 N–H and O–H groups in total. The monoisotopic (exact) mass is 185 g/mol. The van der Waals surface area contributed by atoms with E-state index < -0.39 is 0 Å². The Balaban J connectivity index is 2.55. The maximum atomic E-state index is 5.82. The molecule has 70 valence electrons. The van der Waals surface area contributed by atoms with Crippen molar-refractivity contribution in [1.29, 1.82) is 0 Å². The molecule has 3 nitrogen and oxygen atoms in total. The van der Waals surface area contributed by atoms with Gasteiger partial charge in [-0.1, -0.05) is 12.1 Å². The van der Waals surface area contributed by atoms with Crippen LogP contribution in [0.2, 0.25) is 0 Å². The lowest BCUT2D eigenvalue weighted by Gasteiger charge is -2.04. The van der Waals surface area contributed by atoms with Crippen LogP contribution in [0.5, 0.6) is 0 Å². The van der Waals surface area contributed by atoms with E-state index in [0.717, 1.165) is 16.8 Å². The summed E-state index contributed by atoms with van der Waals surface area (Å²) in [5, 5.41) is 0. The first kappa shape index (κ1) is 8.56. The fourth-order valence-corrected chi connectivity index (χ4v) is 1.35. The average Bonchev–Trinajstić information content (AvgIpc) is 2.18. The normalized spacial score (nSPS) is 10.0. The van der Waals surface area contributed by atoms with Gasteiger partial charge in [-0.05, 0) is 23.8 Å². The average molecular weight is 185 g/mol. The van der Waals surface area contributed by atoms with Crippen LogP contribution in [-0.4, -0.2) is 4.98 Å². The number of rotatable bonds is 1. The maximum absolute atomic E-state index is 5.82. The molecule has 0 atom stereocenters. The molecular weight excluding hydrogens is 174 g/mol. The fraction of sp³-hybridized carbons (Fsp3) is 0. The van der Waals surface area contributed by atoms with E-state index in [0.29, 0.717) is 5.69 Å². The number of nitrogen functional groups attached to an aromatic ring is 2. The van der Waals surface area contributed by atoms with E-state index in [1.807, 2.05) is 24.3 Å². The molecule has 0 aliphatic rings. The summed E-state index contributed by atoms with van der Waals surface area (Å²) < 4.78 is 0.